The van der Waals surface area contributed by atoms with E-state index in [-0.39, 0.29) is 17.9 Å². The zero-order valence-electron chi connectivity index (χ0n) is 17.8. The Hall–Kier alpha value is -3.78. The lowest BCUT2D eigenvalue weighted by Gasteiger charge is -2.18. The molecule has 0 unspecified atom stereocenters. The molecule has 0 spiro atoms. The van der Waals surface area contributed by atoms with Crippen LogP contribution in [0.25, 0.3) is 22.1 Å². The van der Waals surface area contributed by atoms with Crippen LogP contribution in [0, 0.1) is 11.6 Å². The van der Waals surface area contributed by atoms with Crippen LogP contribution in [0.5, 0.6) is 0 Å². The number of aromatic nitrogens is 1. The lowest BCUT2D eigenvalue weighted by Crippen LogP contribution is -2.30. The predicted octanol–water partition coefficient (Wildman–Crippen LogP) is 3.99. The first-order valence-electron chi connectivity index (χ1n) is 10.7. The van der Waals surface area contributed by atoms with E-state index in [4.69, 9.17) is 15.9 Å². The van der Waals surface area contributed by atoms with Crippen molar-refractivity contribution < 1.29 is 18.0 Å². The molecule has 4 aromatic rings. The summed E-state index contributed by atoms with van der Waals surface area (Å²) in [5, 5.41) is 0.793. The highest BCUT2D eigenvalue weighted by atomic mass is 19.1. The van der Waals surface area contributed by atoms with Crippen LogP contribution in [-0.4, -0.2) is 24.0 Å². The Kier molecular flexibility index (Phi) is 5.30. The van der Waals surface area contributed by atoms with Gasteiger partial charge in [-0.25, -0.2) is 8.78 Å². The Labute approximate surface area is 188 Å². The second-order valence-electron chi connectivity index (χ2n) is 8.10. The van der Waals surface area contributed by atoms with Crippen LogP contribution >= 0.6 is 0 Å². The molecule has 168 valence electrons. The predicted molar refractivity (Wildman–Crippen MR) is 123 cm³/mol. The van der Waals surface area contributed by atoms with Gasteiger partial charge in [0, 0.05) is 29.8 Å². The van der Waals surface area contributed by atoms with Crippen LogP contribution in [0.1, 0.15) is 16.8 Å². The van der Waals surface area contributed by atoms with Gasteiger partial charge in [-0.1, -0.05) is 6.07 Å². The number of carbonyl (C=O) groups is 1. The van der Waals surface area contributed by atoms with Gasteiger partial charge in [0.1, 0.15) is 11.6 Å². The molecular formula is C25H22F2N4O2. The molecule has 3 heterocycles. The summed E-state index contributed by atoms with van der Waals surface area (Å²) >= 11 is 0. The molecule has 1 aliphatic heterocycles. The average molecular weight is 448 g/mol. The van der Waals surface area contributed by atoms with Crippen molar-refractivity contribution in [2.45, 2.75) is 19.3 Å². The number of nitrogens with zero attached hydrogens (tertiary/aromatic N) is 2. The van der Waals surface area contributed by atoms with E-state index in [0.29, 0.717) is 37.2 Å². The Balaban J connectivity index is 1.46. The van der Waals surface area contributed by atoms with Crippen LogP contribution in [0.15, 0.2) is 53.3 Å². The molecule has 0 bridgehead atoms. The molecule has 0 aliphatic carbocycles. The molecule has 1 amide bonds. The number of halogens is 2. The number of anilines is 2. The molecule has 0 saturated heterocycles. The van der Waals surface area contributed by atoms with Crippen molar-refractivity contribution in [2.24, 2.45) is 5.73 Å². The van der Waals surface area contributed by atoms with E-state index < -0.39 is 11.6 Å². The highest BCUT2D eigenvalue weighted by molar-refractivity contribution is 6.03. The van der Waals surface area contributed by atoms with E-state index in [1.807, 2.05) is 18.2 Å². The van der Waals surface area contributed by atoms with Gasteiger partial charge in [0.25, 0.3) is 0 Å². The second-order valence-corrected chi connectivity index (χ2v) is 8.10. The molecule has 1 aliphatic rings. The van der Waals surface area contributed by atoms with E-state index in [2.05, 4.69) is 4.98 Å². The number of benzene rings is 2. The molecule has 8 heteroatoms. The summed E-state index contributed by atoms with van der Waals surface area (Å²) in [5.74, 6) is -1.43. The third-order valence-corrected chi connectivity index (χ3v) is 6.02. The molecule has 0 saturated carbocycles. The van der Waals surface area contributed by atoms with Gasteiger partial charge in [-0.2, -0.15) is 0 Å². The zero-order chi connectivity index (χ0) is 23.1. The van der Waals surface area contributed by atoms with Crippen molar-refractivity contribution in [3.8, 4) is 11.1 Å². The average Bonchev–Trinajstić information content (AvgIpc) is 3.43. The van der Waals surface area contributed by atoms with E-state index >= 15 is 0 Å². The molecule has 0 fully saturated rings. The van der Waals surface area contributed by atoms with Gasteiger partial charge < -0.3 is 20.8 Å². The number of carbonyl (C=O) groups excluding carboxylic acids is 1. The molecule has 6 nitrogen and oxygen atoms in total. The van der Waals surface area contributed by atoms with Gasteiger partial charge in [0.05, 0.1) is 35.6 Å². The number of nitrogen functional groups attached to an aromatic ring is 1. The fraction of sp³-hybridized carbons (Fsp3) is 0.200. The van der Waals surface area contributed by atoms with Crippen LogP contribution in [0.4, 0.5) is 20.2 Å². The van der Waals surface area contributed by atoms with Crippen LogP contribution in [-0.2, 0) is 24.1 Å². The van der Waals surface area contributed by atoms with Gasteiger partial charge in [-0.05, 0) is 54.4 Å². The number of furan rings is 1. The molecule has 0 radical (unpaired) electrons. The maximum Gasteiger partial charge on any atom is 0.231 e. The molecule has 2 aromatic carbocycles. The fourth-order valence-electron chi connectivity index (χ4n) is 4.42. The summed E-state index contributed by atoms with van der Waals surface area (Å²) in [6.45, 7) is 0.928. The number of rotatable bonds is 5. The smallest absolute Gasteiger partial charge is 0.231 e. The van der Waals surface area contributed by atoms with E-state index in [0.717, 1.165) is 51.7 Å². The lowest BCUT2D eigenvalue weighted by atomic mass is 10.00. The maximum atomic E-state index is 14.0. The Morgan fingerprint density at radius 3 is 2.85 bits per heavy atom. The van der Waals surface area contributed by atoms with Gasteiger partial charge in [0.15, 0.2) is 5.58 Å². The molecule has 4 N–H and O–H groups in total. The van der Waals surface area contributed by atoms with E-state index in [1.165, 1.54) is 0 Å². The SMILES string of the molecule is NCCc1ncc(N)c2c(-c3ccc4c(c3)CCN4C(=O)Cc3cc(F)ccc3F)coc12. The fourth-order valence-corrected chi connectivity index (χ4v) is 4.42. The minimum atomic E-state index is -0.590. The number of nitrogens with two attached hydrogens (primary N) is 2. The number of amides is 1. The number of fused-ring (bicyclic) bond motifs is 2. The molecular weight excluding hydrogens is 426 g/mol. The van der Waals surface area contributed by atoms with Crippen molar-refractivity contribution in [1.82, 2.24) is 4.98 Å². The molecule has 2 aromatic heterocycles. The molecule has 0 atom stereocenters. The minimum absolute atomic E-state index is 0.0484. The zero-order valence-corrected chi connectivity index (χ0v) is 17.8. The molecule has 33 heavy (non-hydrogen) atoms. The topological polar surface area (TPSA) is 98.4 Å². The van der Waals surface area contributed by atoms with Crippen molar-refractivity contribution in [3.63, 3.8) is 0 Å². The highest BCUT2D eigenvalue weighted by Gasteiger charge is 2.26. The van der Waals surface area contributed by atoms with Gasteiger partial charge in [-0.3, -0.25) is 9.78 Å². The first-order chi connectivity index (χ1) is 16.0. The first-order valence-corrected chi connectivity index (χ1v) is 10.7. The van der Waals surface area contributed by atoms with Gasteiger partial charge in [-0.15, -0.1) is 0 Å². The Morgan fingerprint density at radius 2 is 2.03 bits per heavy atom. The summed E-state index contributed by atoms with van der Waals surface area (Å²) in [4.78, 5) is 18.8. The largest absolute Gasteiger partial charge is 0.462 e. The summed E-state index contributed by atoms with van der Waals surface area (Å²) in [6.07, 6.45) is 4.31. The summed E-state index contributed by atoms with van der Waals surface area (Å²) < 4.78 is 33.3. The first kappa shape index (κ1) is 21.1. The van der Waals surface area contributed by atoms with Crippen molar-refractivity contribution >= 4 is 28.3 Å². The highest BCUT2D eigenvalue weighted by Crippen LogP contribution is 2.39. The Bertz CT molecular complexity index is 1380. The van der Waals surface area contributed by atoms with Crippen molar-refractivity contribution in [2.75, 3.05) is 23.7 Å². The van der Waals surface area contributed by atoms with Crippen molar-refractivity contribution in [3.05, 3.63) is 77.3 Å². The second kappa shape index (κ2) is 8.29. The lowest BCUT2D eigenvalue weighted by molar-refractivity contribution is -0.117. The van der Waals surface area contributed by atoms with Crippen LogP contribution < -0.4 is 16.4 Å². The normalized spacial score (nSPS) is 13.0. The van der Waals surface area contributed by atoms with Gasteiger partial charge in [0.2, 0.25) is 5.91 Å². The summed E-state index contributed by atoms with van der Waals surface area (Å²) in [7, 11) is 0. The van der Waals surface area contributed by atoms with E-state index in [1.54, 1.807) is 17.4 Å². The van der Waals surface area contributed by atoms with E-state index in [9.17, 15) is 13.6 Å². The van der Waals surface area contributed by atoms with Crippen LogP contribution in [0.3, 0.4) is 0 Å². The number of hydrogen-bond donors (Lipinski definition) is 2. The summed E-state index contributed by atoms with van der Waals surface area (Å²) in [6, 6.07) is 8.93. The maximum absolute atomic E-state index is 14.0. The molecule has 5 rings (SSSR count). The quantitative estimate of drug-likeness (QED) is 0.481. The minimum Gasteiger partial charge on any atom is -0.462 e. The standard InChI is InChI=1S/C25H22F2N4O2/c26-17-2-3-19(27)16(10-17)11-23(32)31-8-6-15-9-14(1-4-22(15)31)18-13-33-25-21(5-7-28)30-12-20(29)24(18)25/h1-4,9-10,12-13H,5-8,11,28-29H2. The van der Waals surface area contributed by atoms with Crippen molar-refractivity contribution in [1.29, 1.82) is 0 Å². The third-order valence-electron chi connectivity index (χ3n) is 6.02. The summed E-state index contributed by atoms with van der Waals surface area (Å²) in [5.41, 5.74) is 17.4. The van der Waals surface area contributed by atoms with Crippen LogP contribution in [0.2, 0.25) is 0 Å². The Morgan fingerprint density at radius 1 is 1.18 bits per heavy atom. The monoisotopic (exact) mass is 448 g/mol. The number of hydrogen-bond acceptors (Lipinski definition) is 5. The van der Waals surface area contributed by atoms with Gasteiger partial charge >= 0.3 is 0 Å². The number of pyridine rings is 1. The third kappa shape index (κ3) is 3.72.